The number of ether oxygens (including phenoxy) is 2. The first-order valence-electron chi connectivity index (χ1n) is 8.96. The molecule has 0 amide bonds. The Morgan fingerprint density at radius 2 is 2.04 bits per heavy atom. The summed E-state index contributed by atoms with van der Waals surface area (Å²) in [5.74, 6) is 0.283. The average Bonchev–Trinajstić information content (AvgIpc) is 2.81. The van der Waals surface area contributed by atoms with Crippen LogP contribution < -0.4 is 10.1 Å². The van der Waals surface area contributed by atoms with Crippen molar-refractivity contribution in [1.29, 1.82) is 0 Å². The molecule has 26 heavy (non-hydrogen) atoms. The zero-order chi connectivity index (χ0) is 19.5. The van der Waals surface area contributed by atoms with E-state index < -0.39 is 6.10 Å². The van der Waals surface area contributed by atoms with E-state index in [0.29, 0.717) is 24.5 Å². The Kier molecular flexibility index (Phi) is 6.31. The number of rotatable bonds is 7. The molecular weight excluding hydrogens is 332 g/mol. The quantitative estimate of drug-likeness (QED) is 0.741. The van der Waals surface area contributed by atoms with Gasteiger partial charge in [-0.15, -0.1) is 0 Å². The average molecular weight is 362 g/mol. The fourth-order valence-electron chi connectivity index (χ4n) is 2.78. The van der Waals surface area contributed by atoms with Gasteiger partial charge in [-0.3, -0.25) is 0 Å². The second-order valence-electron chi connectivity index (χ2n) is 7.51. The minimum absolute atomic E-state index is 0.0595. The van der Waals surface area contributed by atoms with Crippen molar-refractivity contribution in [3.8, 4) is 5.75 Å². The van der Waals surface area contributed by atoms with E-state index in [1.165, 1.54) is 0 Å². The summed E-state index contributed by atoms with van der Waals surface area (Å²) < 4.78 is 12.9. The highest BCUT2D eigenvalue weighted by Gasteiger charge is 2.20. The lowest BCUT2D eigenvalue weighted by atomic mass is 10.1. The molecule has 0 saturated heterocycles. The number of fused-ring (bicyclic) bond motifs is 1. The standard InChI is InChI=1S/C20H30N2O4/c1-7-25-19(24)18-13(2)22(6)17-9-8-15(10-16(17)18)26-12-14(23)11-21-20(3,4)5/h8-10,14,21,23H,7,11-12H2,1-6H3/t14-/m0/s1. The number of benzene rings is 1. The van der Waals surface area contributed by atoms with Crippen LogP contribution in [0.1, 0.15) is 43.7 Å². The molecule has 2 aromatic rings. The second kappa shape index (κ2) is 8.10. The van der Waals surface area contributed by atoms with Crippen molar-refractivity contribution in [2.45, 2.75) is 46.3 Å². The minimum atomic E-state index is -0.619. The molecule has 0 bridgehead atoms. The first-order valence-corrected chi connectivity index (χ1v) is 8.96. The zero-order valence-corrected chi connectivity index (χ0v) is 16.5. The number of hydrogen-bond donors (Lipinski definition) is 2. The molecule has 0 aliphatic rings. The molecule has 0 aliphatic heterocycles. The molecule has 0 unspecified atom stereocenters. The molecule has 6 heteroatoms. The van der Waals surface area contributed by atoms with Crippen molar-refractivity contribution >= 4 is 16.9 Å². The van der Waals surface area contributed by atoms with Gasteiger partial charge in [-0.2, -0.15) is 0 Å². The molecule has 0 aliphatic carbocycles. The maximum absolute atomic E-state index is 12.3. The summed E-state index contributed by atoms with van der Waals surface area (Å²) >= 11 is 0. The summed E-state index contributed by atoms with van der Waals surface area (Å²) in [5, 5.41) is 14.1. The number of nitrogens with one attached hydrogen (secondary N) is 1. The van der Waals surface area contributed by atoms with Crippen LogP contribution in [0.25, 0.3) is 10.9 Å². The Morgan fingerprint density at radius 3 is 2.65 bits per heavy atom. The predicted molar refractivity (Wildman–Crippen MR) is 103 cm³/mol. The Morgan fingerprint density at radius 1 is 1.35 bits per heavy atom. The van der Waals surface area contributed by atoms with Crippen molar-refractivity contribution in [2.75, 3.05) is 19.8 Å². The Balaban J connectivity index is 2.17. The van der Waals surface area contributed by atoms with E-state index in [4.69, 9.17) is 9.47 Å². The fraction of sp³-hybridized carbons (Fsp3) is 0.550. The van der Waals surface area contributed by atoms with E-state index >= 15 is 0 Å². The van der Waals surface area contributed by atoms with Crippen LogP contribution in [0.4, 0.5) is 0 Å². The van der Waals surface area contributed by atoms with Crippen LogP contribution in [0.5, 0.6) is 5.75 Å². The van der Waals surface area contributed by atoms with Crippen molar-refractivity contribution in [2.24, 2.45) is 7.05 Å². The molecule has 1 atom stereocenters. The van der Waals surface area contributed by atoms with E-state index in [0.717, 1.165) is 16.6 Å². The number of aliphatic hydroxyl groups is 1. The zero-order valence-electron chi connectivity index (χ0n) is 16.5. The van der Waals surface area contributed by atoms with Crippen molar-refractivity contribution in [1.82, 2.24) is 9.88 Å². The smallest absolute Gasteiger partial charge is 0.340 e. The molecule has 1 aromatic heterocycles. The molecule has 6 nitrogen and oxygen atoms in total. The van der Waals surface area contributed by atoms with Crippen molar-refractivity contribution < 1.29 is 19.4 Å². The van der Waals surface area contributed by atoms with Gasteiger partial charge in [-0.25, -0.2) is 4.79 Å². The Bertz CT molecular complexity index is 774. The van der Waals surface area contributed by atoms with Crippen LogP contribution in [-0.2, 0) is 11.8 Å². The van der Waals surface area contributed by atoms with Gasteiger partial charge in [0.05, 0.1) is 12.2 Å². The van der Waals surface area contributed by atoms with E-state index in [2.05, 4.69) is 5.32 Å². The fourth-order valence-corrected chi connectivity index (χ4v) is 2.78. The third-order valence-corrected chi connectivity index (χ3v) is 4.25. The minimum Gasteiger partial charge on any atom is -0.491 e. The first kappa shape index (κ1) is 20.3. The van der Waals surface area contributed by atoms with Crippen LogP contribution in [0.15, 0.2) is 18.2 Å². The Hall–Kier alpha value is -2.05. The van der Waals surface area contributed by atoms with Crippen LogP contribution in [0.3, 0.4) is 0 Å². The van der Waals surface area contributed by atoms with Gasteiger partial charge in [0.25, 0.3) is 0 Å². The topological polar surface area (TPSA) is 72.7 Å². The van der Waals surface area contributed by atoms with Crippen LogP contribution in [0, 0.1) is 6.92 Å². The lowest BCUT2D eigenvalue weighted by Gasteiger charge is -2.23. The maximum Gasteiger partial charge on any atom is 0.340 e. The van der Waals surface area contributed by atoms with Gasteiger partial charge in [0, 0.05) is 35.7 Å². The lowest BCUT2D eigenvalue weighted by Crippen LogP contribution is -2.42. The summed E-state index contributed by atoms with van der Waals surface area (Å²) in [6.45, 7) is 10.8. The van der Waals surface area contributed by atoms with Gasteiger partial charge >= 0.3 is 5.97 Å². The van der Waals surface area contributed by atoms with Gasteiger partial charge in [-0.05, 0) is 52.8 Å². The highest BCUT2D eigenvalue weighted by molar-refractivity contribution is 6.06. The highest BCUT2D eigenvalue weighted by atomic mass is 16.5. The number of nitrogens with zero attached hydrogens (tertiary/aromatic N) is 1. The molecule has 0 radical (unpaired) electrons. The van der Waals surface area contributed by atoms with Gasteiger partial charge in [0.1, 0.15) is 18.5 Å². The summed E-state index contributed by atoms with van der Waals surface area (Å²) in [4.78, 5) is 12.3. The predicted octanol–water partition coefficient (Wildman–Crippen LogP) is 2.79. The van der Waals surface area contributed by atoms with Crippen LogP contribution >= 0.6 is 0 Å². The normalized spacial score (nSPS) is 13.0. The summed E-state index contributed by atoms with van der Waals surface area (Å²) in [5.41, 5.74) is 2.29. The number of aliphatic hydroxyl groups excluding tert-OH is 1. The lowest BCUT2D eigenvalue weighted by molar-refractivity contribution is 0.0527. The van der Waals surface area contributed by atoms with Gasteiger partial charge in [0.2, 0.25) is 0 Å². The van der Waals surface area contributed by atoms with E-state index in [9.17, 15) is 9.90 Å². The molecule has 1 heterocycles. The van der Waals surface area contributed by atoms with Gasteiger partial charge < -0.3 is 24.5 Å². The summed E-state index contributed by atoms with van der Waals surface area (Å²) in [6.07, 6.45) is -0.619. The summed E-state index contributed by atoms with van der Waals surface area (Å²) in [7, 11) is 1.92. The largest absolute Gasteiger partial charge is 0.491 e. The number of carbonyl (C=O) groups is 1. The molecule has 2 rings (SSSR count). The molecular formula is C20H30N2O4. The number of carbonyl (C=O) groups excluding carboxylic acids is 1. The SMILES string of the molecule is CCOC(=O)c1c(C)n(C)c2ccc(OC[C@@H](O)CNC(C)(C)C)cc12. The molecule has 2 N–H and O–H groups in total. The molecule has 144 valence electrons. The van der Waals surface area contributed by atoms with Crippen LogP contribution in [-0.4, -0.2) is 47.0 Å². The molecule has 1 aromatic carbocycles. The number of aryl methyl sites for hydroxylation is 1. The van der Waals surface area contributed by atoms with Crippen LogP contribution in [0.2, 0.25) is 0 Å². The molecule has 0 spiro atoms. The van der Waals surface area contributed by atoms with E-state index in [-0.39, 0.29) is 18.1 Å². The number of β-amino-alcohol motifs (C(OH)–C–C–N with tert-alkyl or cyclic N) is 1. The first-order chi connectivity index (χ1) is 12.1. The third-order valence-electron chi connectivity index (χ3n) is 4.25. The monoisotopic (exact) mass is 362 g/mol. The van der Waals surface area contributed by atoms with E-state index in [1.807, 2.05) is 57.5 Å². The number of aromatic nitrogens is 1. The maximum atomic E-state index is 12.3. The molecule has 0 saturated carbocycles. The number of esters is 1. The number of hydrogen-bond acceptors (Lipinski definition) is 5. The van der Waals surface area contributed by atoms with Crippen molar-refractivity contribution in [3.05, 3.63) is 29.5 Å². The van der Waals surface area contributed by atoms with Gasteiger partial charge in [-0.1, -0.05) is 0 Å². The van der Waals surface area contributed by atoms with E-state index in [1.54, 1.807) is 6.92 Å². The summed E-state index contributed by atoms with van der Waals surface area (Å²) in [6, 6.07) is 5.60. The van der Waals surface area contributed by atoms with Crippen molar-refractivity contribution in [3.63, 3.8) is 0 Å². The third kappa shape index (κ3) is 4.77. The molecule has 0 fully saturated rings. The highest BCUT2D eigenvalue weighted by Crippen LogP contribution is 2.29. The second-order valence-corrected chi connectivity index (χ2v) is 7.51. The Labute approximate surface area is 155 Å². The van der Waals surface area contributed by atoms with Gasteiger partial charge in [0.15, 0.2) is 0 Å².